The third-order valence-electron chi connectivity index (χ3n) is 2.07. The molecule has 0 radical (unpaired) electrons. The molecule has 0 N–H and O–H groups in total. The number of ether oxygens (including phenoxy) is 1. The SMILES string of the molecule is C=CCC(/C=C/C)OC(=O)c1ccccc1. The lowest BCUT2D eigenvalue weighted by Crippen LogP contribution is -2.15. The molecule has 0 saturated carbocycles. The van der Waals surface area contributed by atoms with Crippen molar-refractivity contribution in [2.45, 2.75) is 19.4 Å². The van der Waals surface area contributed by atoms with Gasteiger partial charge in [0.2, 0.25) is 0 Å². The molecule has 0 heterocycles. The predicted molar refractivity (Wildman–Crippen MR) is 65.3 cm³/mol. The van der Waals surface area contributed by atoms with Crippen LogP contribution in [0.5, 0.6) is 0 Å². The molecular weight excluding hydrogens is 200 g/mol. The Kier molecular flexibility index (Phi) is 5.06. The van der Waals surface area contributed by atoms with Crippen LogP contribution in [0.1, 0.15) is 23.7 Å². The molecule has 1 atom stereocenters. The number of carbonyl (C=O) groups is 1. The molecule has 1 aromatic rings. The summed E-state index contributed by atoms with van der Waals surface area (Å²) in [5, 5.41) is 0. The Morgan fingerprint density at radius 3 is 2.69 bits per heavy atom. The van der Waals surface area contributed by atoms with Gasteiger partial charge in [-0.2, -0.15) is 0 Å². The fraction of sp³-hybridized carbons (Fsp3) is 0.214. The summed E-state index contributed by atoms with van der Waals surface area (Å²) in [5.74, 6) is -0.300. The van der Waals surface area contributed by atoms with Crippen molar-refractivity contribution in [3.05, 3.63) is 60.7 Å². The van der Waals surface area contributed by atoms with Crippen molar-refractivity contribution in [2.24, 2.45) is 0 Å². The van der Waals surface area contributed by atoms with E-state index in [0.29, 0.717) is 12.0 Å². The lowest BCUT2D eigenvalue weighted by atomic mass is 10.2. The molecule has 0 amide bonds. The maximum Gasteiger partial charge on any atom is 0.338 e. The van der Waals surface area contributed by atoms with Crippen LogP contribution in [0.15, 0.2) is 55.1 Å². The molecule has 0 spiro atoms. The van der Waals surface area contributed by atoms with Gasteiger partial charge in [0.05, 0.1) is 5.56 Å². The van der Waals surface area contributed by atoms with E-state index in [1.54, 1.807) is 18.2 Å². The Bertz CT molecular complexity index is 366. The molecule has 0 saturated heterocycles. The molecule has 0 aliphatic rings. The van der Waals surface area contributed by atoms with Crippen LogP contribution in [0.4, 0.5) is 0 Å². The van der Waals surface area contributed by atoms with Gasteiger partial charge in [0, 0.05) is 6.42 Å². The van der Waals surface area contributed by atoms with Crippen LogP contribution in [0, 0.1) is 0 Å². The van der Waals surface area contributed by atoms with Crippen LogP contribution in [0.25, 0.3) is 0 Å². The molecule has 0 aliphatic heterocycles. The van der Waals surface area contributed by atoms with Gasteiger partial charge in [-0.05, 0) is 25.1 Å². The van der Waals surface area contributed by atoms with E-state index in [1.807, 2.05) is 37.3 Å². The zero-order valence-electron chi connectivity index (χ0n) is 9.43. The molecule has 1 rings (SSSR count). The second-order valence-corrected chi connectivity index (χ2v) is 3.36. The Morgan fingerprint density at radius 1 is 1.44 bits per heavy atom. The first-order valence-corrected chi connectivity index (χ1v) is 5.27. The van der Waals surface area contributed by atoms with Crippen molar-refractivity contribution in [1.82, 2.24) is 0 Å². The van der Waals surface area contributed by atoms with Crippen molar-refractivity contribution < 1.29 is 9.53 Å². The van der Waals surface area contributed by atoms with Crippen LogP contribution < -0.4 is 0 Å². The van der Waals surface area contributed by atoms with E-state index < -0.39 is 0 Å². The third kappa shape index (κ3) is 3.73. The maximum atomic E-state index is 11.7. The number of benzene rings is 1. The van der Waals surface area contributed by atoms with Gasteiger partial charge >= 0.3 is 5.97 Å². The highest BCUT2D eigenvalue weighted by atomic mass is 16.5. The first kappa shape index (κ1) is 12.2. The molecule has 0 bridgehead atoms. The van der Waals surface area contributed by atoms with E-state index in [9.17, 15) is 4.79 Å². The van der Waals surface area contributed by atoms with Gasteiger partial charge in [-0.3, -0.25) is 0 Å². The highest BCUT2D eigenvalue weighted by Gasteiger charge is 2.11. The molecule has 0 aliphatic carbocycles. The quantitative estimate of drug-likeness (QED) is 0.557. The largest absolute Gasteiger partial charge is 0.454 e. The second-order valence-electron chi connectivity index (χ2n) is 3.36. The van der Waals surface area contributed by atoms with E-state index in [4.69, 9.17) is 4.74 Å². The van der Waals surface area contributed by atoms with E-state index in [0.717, 1.165) is 0 Å². The van der Waals surface area contributed by atoms with Crippen LogP contribution in [-0.2, 0) is 4.74 Å². The summed E-state index contributed by atoms with van der Waals surface area (Å²) < 4.78 is 5.32. The Balaban J connectivity index is 2.65. The minimum atomic E-state index is -0.300. The van der Waals surface area contributed by atoms with E-state index in [2.05, 4.69) is 6.58 Å². The Morgan fingerprint density at radius 2 is 2.12 bits per heavy atom. The fourth-order valence-electron chi connectivity index (χ4n) is 1.32. The molecule has 1 aromatic carbocycles. The summed E-state index contributed by atoms with van der Waals surface area (Å²) in [7, 11) is 0. The zero-order valence-corrected chi connectivity index (χ0v) is 9.43. The van der Waals surface area contributed by atoms with E-state index >= 15 is 0 Å². The highest BCUT2D eigenvalue weighted by molar-refractivity contribution is 5.89. The average Bonchev–Trinajstić information content (AvgIpc) is 2.31. The van der Waals surface area contributed by atoms with Crippen LogP contribution in [0.2, 0.25) is 0 Å². The van der Waals surface area contributed by atoms with Gasteiger partial charge in [-0.15, -0.1) is 6.58 Å². The third-order valence-corrected chi connectivity index (χ3v) is 2.07. The second kappa shape index (κ2) is 6.62. The van der Waals surface area contributed by atoms with Gasteiger partial charge in [-0.1, -0.05) is 30.4 Å². The number of hydrogen-bond donors (Lipinski definition) is 0. The Labute approximate surface area is 96.2 Å². The molecule has 1 unspecified atom stereocenters. The standard InChI is InChI=1S/C14H16O2/c1-3-8-13(9-4-2)16-14(15)12-10-6-5-7-11-12/h3-7,9-11,13H,1,8H2,2H3/b9-4+. The lowest BCUT2D eigenvalue weighted by molar-refractivity contribution is 0.0400. The van der Waals surface area contributed by atoms with Crippen LogP contribution in [0.3, 0.4) is 0 Å². The molecule has 16 heavy (non-hydrogen) atoms. The Hall–Kier alpha value is -1.83. The molecule has 2 nitrogen and oxygen atoms in total. The van der Waals surface area contributed by atoms with Gasteiger partial charge in [0.25, 0.3) is 0 Å². The number of carbonyl (C=O) groups excluding carboxylic acids is 1. The van der Waals surface area contributed by atoms with Gasteiger partial charge < -0.3 is 4.74 Å². The maximum absolute atomic E-state index is 11.7. The van der Waals surface area contributed by atoms with Gasteiger partial charge in [0.15, 0.2) is 0 Å². The van der Waals surface area contributed by atoms with Gasteiger partial charge in [0.1, 0.15) is 6.10 Å². The smallest absolute Gasteiger partial charge is 0.338 e. The molecule has 2 heteroatoms. The number of hydrogen-bond acceptors (Lipinski definition) is 2. The van der Waals surface area contributed by atoms with Crippen molar-refractivity contribution in [2.75, 3.05) is 0 Å². The van der Waals surface area contributed by atoms with Crippen molar-refractivity contribution in [1.29, 1.82) is 0 Å². The molecule has 0 fully saturated rings. The summed E-state index contributed by atoms with van der Waals surface area (Å²) in [6.45, 7) is 5.53. The highest BCUT2D eigenvalue weighted by Crippen LogP contribution is 2.07. The first-order chi connectivity index (χ1) is 7.77. The zero-order chi connectivity index (χ0) is 11.8. The van der Waals surface area contributed by atoms with Crippen LogP contribution >= 0.6 is 0 Å². The summed E-state index contributed by atoms with van der Waals surface area (Å²) in [6.07, 6.45) is 5.86. The van der Waals surface area contributed by atoms with Crippen molar-refractivity contribution in [3.8, 4) is 0 Å². The van der Waals surface area contributed by atoms with E-state index in [1.165, 1.54) is 0 Å². The van der Waals surface area contributed by atoms with Crippen LogP contribution in [-0.4, -0.2) is 12.1 Å². The van der Waals surface area contributed by atoms with Gasteiger partial charge in [-0.25, -0.2) is 4.79 Å². The van der Waals surface area contributed by atoms with Crippen molar-refractivity contribution >= 4 is 5.97 Å². The topological polar surface area (TPSA) is 26.3 Å². The summed E-state index contributed by atoms with van der Waals surface area (Å²) in [4.78, 5) is 11.7. The first-order valence-electron chi connectivity index (χ1n) is 5.27. The normalized spacial score (nSPS) is 12.3. The fourth-order valence-corrected chi connectivity index (χ4v) is 1.32. The van der Waals surface area contributed by atoms with E-state index in [-0.39, 0.29) is 12.1 Å². The summed E-state index contributed by atoms with van der Waals surface area (Å²) in [6, 6.07) is 8.97. The monoisotopic (exact) mass is 216 g/mol. The predicted octanol–water partition coefficient (Wildman–Crippen LogP) is 3.36. The number of esters is 1. The van der Waals surface area contributed by atoms with Crippen molar-refractivity contribution in [3.63, 3.8) is 0 Å². The number of rotatable bonds is 5. The minimum Gasteiger partial charge on any atom is -0.454 e. The minimum absolute atomic E-state index is 0.227. The number of allylic oxidation sites excluding steroid dienone is 1. The average molecular weight is 216 g/mol. The molecular formula is C14H16O2. The summed E-state index contributed by atoms with van der Waals surface area (Å²) >= 11 is 0. The summed E-state index contributed by atoms with van der Waals surface area (Å²) in [5.41, 5.74) is 0.570. The molecule has 0 aromatic heterocycles. The lowest BCUT2D eigenvalue weighted by Gasteiger charge is -2.12. The molecule has 84 valence electrons.